The number of carboxylic acid groups (broad SMARTS) is 1. The zero-order valence-electron chi connectivity index (χ0n) is 13.3. The number of hydrogen-bond acceptors (Lipinski definition) is 1. The second kappa shape index (κ2) is 5.99. The molecule has 0 aliphatic heterocycles. The molecule has 1 aliphatic rings. The van der Waals surface area contributed by atoms with Gasteiger partial charge in [0.15, 0.2) is 0 Å². The van der Waals surface area contributed by atoms with E-state index < -0.39 is 5.97 Å². The van der Waals surface area contributed by atoms with Crippen LogP contribution >= 0.6 is 11.6 Å². The molecule has 0 atom stereocenters. The molecule has 24 heavy (non-hydrogen) atoms. The van der Waals surface area contributed by atoms with Crippen molar-refractivity contribution in [2.24, 2.45) is 0 Å². The largest absolute Gasteiger partial charge is 0.478 e. The lowest BCUT2D eigenvalue weighted by Gasteiger charge is -2.17. The summed E-state index contributed by atoms with van der Waals surface area (Å²) >= 11 is 6.23. The lowest BCUT2D eigenvalue weighted by Crippen LogP contribution is -2.12. The first-order valence-corrected chi connectivity index (χ1v) is 8.63. The summed E-state index contributed by atoms with van der Waals surface area (Å²) in [4.78, 5) is 11.5. The van der Waals surface area contributed by atoms with Crippen LogP contribution in [0.3, 0.4) is 0 Å². The number of hydrogen-bond donors (Lipinski definition) is 1. The lowest BCUT2D eigenvalue weighted by atomic mass is 9.95. The fourth-order valence-corrected chi connectivity index (χ4v) is 3.99. The van der Waals surface area contributed by atoms with Crippen LogP contribution in [0, 0.1) is 0 Å². The molecule has 2 aromatic carbocycles. The second-order valence-corrected chi connectivity index (χ2v) is 6.78. The molecule has 4 heteroatoms. The van der Waals surface area contributed by atoms with Crippen LogP contribution in [-0.4, -0.2) is 15.6 Å². The van der Waals surface area contributed by atoms with Gasteiger partial charge in [0.25, 0.3) is 0 Å². The summed E-state index contributed by atoms with van der Waals surface area (Å²) in [7, 11) is 0. The topological polar surface area (TPSA) is 42.2 Å². The van der Waals surface area contributed by atoms with Crippen molar-refractivity contribution in [3.63, 3.8) is 0 Å². The predicted octanol–water partition coefficient (Wildman–Crippen LogP) is 4.92. The summed E-state index contributed by atoms with van der Waals surface area (Å²) < 4.78 is 2.26. The maximum Gasteiger partial charge on any atom is 0.336 e. The first-order valence-electron chi connectivity index (χ1n) is 8.26. The zero-order chi connectivity index (χ0) is 16.7. The van der Waals surface area contributed by atoms with E-state index in [1.165, 1.54) is 29.5 Å². The molecular formula is C20H18ClNO2. The highest BCUT2D eigenvalue weighted by molar-refractivity contribution is 6.31. The number of carbonyl (C=O) groups is 1. The Bertz CT molecular complexity index is 942. The average Bonchev–Trinajstić information content (AvgIpc) is 2.89. The summed E-state index contributed by atoms with van der Waals surface area (Å²) in [6.45, 7) is 0.564. The van der Waals surface area contributed by atoms with Gasteiger partial charge < -0.3 is 9.67 Å². The summed E-state index contributed by atoms with van der Waals surface area (Å²) in [6.07, 6.45) is 4.51. The normalized spacial score (nSPS) is 13.9. The van der Waals surface area contributed by atoms with Crippen molar-refractivity contribution < 1.29 is 9.90 Å². The maximum absolute atomic E-state index is 11.5. The van der Waals surface area contributed by atoms with Gasteiger partial charge in [-0.1, -0.05) is 35.9 Å². The highest BCUT2D eigenvalue weighted by atomic mass is 35.5. The number of aromatic carboxylic acids is 1. The van der Waals surface area contributed by atoms with Crippen molar-refractivity contribution in [3.8, 4) is 0 Å². The molecule has 1 heterocycles. The Hall–Kier alpha value is -2.26. The zero-order valence-corrected chi connectivity index (χ0v) is 14.0. The molecule has 122 valence electrons. The third-order valence-corrected chi connectivity index (χ3v) is 5.15. The molecule has 0 amide bonds. The summed E-state index contributed by atoms with van der Waals surface area (Å²) in [5.74, 6) is -0.881. The van der Waals surface area contributed by atoms with Crippen LogP contribution in [0.2, 0.25) is 5.02 Å². The molecule has 3 nitrogen and oxygen atoms in total. The van der Waals surface area contributed by atoms with Crippen LogP contribution in [-0.2, 0) is 19.4 Å². The van der Waals surface area contributed by atoms with Crippen LogP contribution < -0.4 is 0 Å². The number of rotatable bonds is 3. The Labute approximate surface area is 145 Å². The number of halogens is 1. The van der Waals surface area contributed by atoms with E-state index in [0.29, 0.717) is 17.1 Å². The fourth-order valence-electron chi connectivity index (χ4n) is 3.82. The van der Waals surface area contributed by atoms with E-state index in [9.17, 15) is 9.90 Å². The molecular weight excluding hydrogens is 322 g/mol. The summed E-state index contributed by atoms with van der Waals surface area (Å²) in [5.41, 5.74) is 5.04. The highest BCUT2D eigenvalue weighted by Crippen LogP contribution is 2.34. The summed E-state index contributed by atoms with van der Waals surface area (Å²) in [6, 6.07) is 13.3. The van der Waals surface area contributed by atoms with Crippen LogP contribution in [0.1, 0.15) is 40.0 Å². The van der Waals surface area contributed by atoms with E-state index >= 15 is 0 Å². The first kappa shape index (κ1) is 15.3. The Morgan fingerprint density at radius 2 is 1.92 bits per heavy atom. The van der Waals surface area contributed by atoms with Gasteiger partial charge in [0.05, 0.1) is 11.1 Å². The van der Waals surface area contributed by atoms with Gasteiger partial charge in [-0.05, 0) is 55.0 Å². The van der Waals surface area contributed by atoms with E-state index in [1.54, 1.807) is 12.1 Å². The van der Waals surface area contributed by atoms with Crippen molar-refractivity contribution in [2.45, 2.75) is 32.2 Å². The van der Waals surface area contributed by atoms with E-state index in [-0.39, 0.29) is 0 Å². The summed E-state index contributed by atoms with van der Waals surface area (Å²) in [5, 5.41) is 11.4. The highest BCUT2D eigenvalue weighted by Gasteiger charge is 2.21. The second-order valence-electron chi connectivity index (χ2n) is 6.34. The van der Waals surface area contributed by atoms with Gasteiger partial charge in [0.2, 0.25) is 0 Å². The molecule has 0 spiro atoms. The number of aromatic nitrogens is 1. The van der Waals surface area contributed by atoms with Crippen LogP contribution in [0.25, 0.3) is 10.9 Å². The molecule has 1 aliphatic carbocycles. The molecule has 0 radical (unpaired) electrons. The van der Waals surface area contributed by atoms with Gasteiger partial charge in [-0.25, -0.2) is 4.79 Å². The number of nitrogens with zero attached hydrogens (tertiary/aromatic N) is 1. The minimum Gasteiger partial charge on any atom is -0.478 e. The van der Waals surface area contributed by atoms with E-state index in [1.807, 2.05) is 24.3 Å². The molecule has 1 N–H and O–H groups in total. The molecule has 3 aromatic rings. The Morgan fingerprint density at radius 3 is 2.75 bits per heavy atom. The fraction of sp³-hybridized carbons (Fsp3) is 0.250. The van der Waals surface area contributed by atoms with E-state index in [2.05, 4.69) is 10.6 Å². The maximum atomic E-state index is 11.5. The monoisotopic (exact) mass is 339 g/mol. The molecule has 0 bridgehead atoms. The SMILES string of the molecule is O=C(O)c1ccccc1Cn1c2c(c3ccc(Cl)cc31)CCCC2. The van der Waals surface area contributed by atoms with Gasteiger partial charge >= 0.3 is 5.97 Å². The molecule has 0 unspecified atom stereocenters. The van der Waals surface area contributed by atoms with Crippen molar-refractivity contribution in [1.82, 2.24) is 4.57 Å². The van der Waals surface area contributed by atoms with Gasteiger partial charge in [-0.15, -0.1) is 0 Å². The van der Waals surface area contributed by atoms with Crippen LogP contribution in [0.15, 0.2) is 42.5 Å². The number of benzene rings is 2. The predicted molar refractivity (Wildman–Crippen MR) is 96.1 cm³/mol. The third kappa shape index (κ3) is 2.49. The van der Waals surface area contributed by atoms with Crippen molar-refractivity contribution in [3.05, 3.63) is 69.9 Å². The number of fused-ring (bicyclic) bond motifs is 3. The Morgan fingerprint density at radius 1 is 1.12 bits per heavy atom. The Kier molecular flexibility index (Phi) is 3.81. The first-order chi connectivity index (χ1) is 11.6. The lowest BCUT2D eigenvalue weighted by molar-refractivity contribution is 0.0695. The van der Waals surface area contributed by atoms with Gasteiger partial charge in [0, 0.05) is 22.6 Å². The molecule has 0 fully saturated rings. The Balaban J connectivity index is 1.91. The third-order valence-electron chi connectivity index (χ3n) is 4.92. The molecule has 0 saturated heterocycles. The van der Waals surface area contributed by atoms with Gasteiger partial charge in [-0.3, -0.25) is 0 Å². The number of aryl methyl sites for hydroxylation is 1. The molecule has 4 rings (SSSR count). The minimum absolute atomic E-state index is 0.367. The van der Waals surface area contributed by atoms with Crippen LogP contribution in [0.4, 0.5) is 0 Å². The van der Waals surface area contributed by atoms with Crippen LogP contribution in [0.5, 0.6) is 0 Å². The molecule has 0 saturated carbocycles. The average molecular weight is 340 g/mol. The quantitative estimate of drug-likeness (QED) is 0.736. The van der Waals surface area contributed by atoms with Gasteiger partial charge in [0.1, 0.15) is 0 Å². The van der Waals surface area contributed by atoms with Crippen molar-refractivity contribution in [1.29, 1.82) is 0 Å². The van der Waals surface area contributed by atoms with E-state index in [4.69, 9.17) is 11.6 Å². The van der Waals surface area contributed by atoms with E-state index in [0.717, 1.165) is 23.9 Å². The van der Waals surface area contributed by atoms with Gasteiger partial charge in [-0.2, -0.15) is 0 Å². The minimum atomic E-state index is -0.881. The standard InChI is InChI=1S/C20H18ClNO2/c21-14-9-10-17-16-7-3-4-8-18(16)22(19(17)11-14)12-13-5-1-2-6-15(13)20(23)24/h1-2,5-6,9-11H,3-4,7-8,12H2,(H,23,24). The molecule has 1 aromatic heterocycles. The number of carboxylic acids is 1. The smallest absolute Gasteiger partial charge is 0.336 e. The van der Waals surface area contributed by atoms with Crippen molar-refractivity contribution in [2.75, 3.05) is 0 Å². The van der Waals surface area contributed by atoms with Crippen molar-refractivity contribution >= 4 is 28.5 Å².